The van der Waals surface area contributed by atoms with E-state index in [2.05, 4.69) is 0 Å². The number of hydrogen-bond acceptors (Lipinski definition) is 4. The van der Waals surface area contributed by atoms with Gasteiger partial charge in [0.1, 0.15) is 16.8 Å². The molecule has 2 aromatic carbocycles. The first-order valence-electron chi connectivity index (χ1n) is 8.27. The Morgan fingerprint density at radius 3 is 2.24 bits per heavy atom. The van der Waals surface area contributed by atoms with Crippen molar-refractivity contribution in [3.05, 3.63) is 84.8 Å². The molecule has 0 N–H and O–H groups in total. The molecule has 0 aliphatic rings. The topological polar surface area (TPSA) is 69.6 Å². The number of alkyl halides is 3. The van der Waals surface area contributed by atoms with Crippen molar-refractivity contribution in [1.29, 1.82) is 10.5 Å². The van der Waals surface area contributed by atoms with Crippen LogP contribution in [0, 0.1) is 29.6 Å². The van der Waals surface area contributed by atoms with Crippen LogP contribution >= 0.6 is 11.3 Å². The van der Waals surface area contributed by atoms with Crippen LogP contribution in [0.25, 0.3) is 17.3 Å². The molecule has 0 unspecified atom stereocenters. The highest BCUT2D eigenvalue weighted by atomic mass is 32.1. The highest BCUT2D eigenvalue weighted by Gasteiger charge is 2.29. The standard InChI is InChI=1S/C21H12F3N3OS/c1-13-4-2-3-5-17(13)27-19(28)18(29-20(27)15(11-25)12-26)10-14-6-8-16(9-7-14)21(22,23)24/h2-10H,1H3/b18-10+. The van der Waals surface area contributed by atoms with E-state index >= 15 is 0 Å². The Morgan fingerprint density at radius 1 is 1.07 bits per heavy atom. The van der Waals surface area contributed by atoms with E-state index in [1.54, 1.807) is 43.3 Å². The minimum atomic E-state index is -4.45. The zero-order chi connectivity index (χ0) is 21.2. The molecule has 0 radical (unpaired) electrons. The normalized spacial score (nSPS) is 11.7. The van der Waals surface area contributed by atoms with Crippen LogP contribution in [0.3, 0.4) is 0 Å². The average Bonchev–Trinajstić information content (AvgIpc) is 2.99. The summed E-state index contributed by atoms with van der Waals surface area (Å²) in [6, 6.07) is 15.0. The zero-order valence-electron chi connectivity index (χ0n) is 15.0. The summed E-state index contributed by atoms with van der Waals surface area (Å²) in [5.74, 6) is 0. The van der Waals surface area contributed by atoms with Gasteiger partial charge in [0.25, 0.3) is 5.56 Å². The van der Waals surface area contributed by atoms with E-state index in [1.807, 2.05) is 0 Å². The monoisotopic (exact) mass is 411 g/mol. The van der Waals surface area contributed by atoms with Crippen molar-refractivity contribution in [3.63, 3.8) is 0 Å². The van der Waals surface area contributed by atoms with Crippen LogP contribution in [0.4, 0.5) is 13.2 Å². The van der Waals surface area contributed by atoms with Crippen molar-refractivity contribution in [1.82, 2.24) is 4.57 Å². The van der Waals surface area contributed by atoms with Crippen LogP contribution in [-0.4, -0.2) is 4.57 Å². The summed E-state index contributed by atoms with van der Waals surface area (Å²) in [5.41, 5.74) is 0.229. The Balaban J connectivity index is 2.30. The van der Waals surface area contributed by atoms with Gasteiger partial charge in [-0.3, -0.25) is 9.36 Å². The predicted molar refractivity (Wildman–Crippen MR) is 104 cm³/mol. The summed E-state index contributed by atoms with van der Waals surface area (Å²) in [6.45, 7) is 1.79. The molecule has 0 bridgehead atoms. The van der Waals surface area contributed by atoms with Gasteiger partial charge in [0.05, 0.1) is 15.8 Å². The van der Waals surface area contributed by atoms with Gasteiger partial charge in [-0.15, -0.1) is 11.3 Å². The summed E-state index contributed by atoms with van der Waals surface area (Å²) in [4.78, 5) is 13.0. The molecule has 0 aliphatic carbocycles. The van der Waals surface area contributed by atoms with Crippen LogP contribution in [0.1, 0.15) is 16.7 Å². The fourth-order valence-corrected chi connectivity index (χ4v) is 3.77. The maximum Gasteiger partial charge on any atom is 0.416 e. The van der Waals surface area contributed by atoms with Crippen molar-refractivity contribution in [3.8, 4) is 17.8 Å². The van der Waals surface area contributed by atoms with Gasteiger partial charge in [-0.1, -0.05) is 30.3 Å². The minimum Gasteiger partial charge on any atom is -0.267 e. The second-order valence-corrected chi connectivity index (χ2v) is 7.09. The maximum atomic E-state index is 13.0. The molecular formula is C21H12F3N3OS. The molecule has 0 amide bonds. The van der Waals surface area contributed by atoms with Gasteiger partial charge < -0.3 is 0 Å². The number of aromatic nitrogens is 1. The number of benzene rings is 2. The second-order valence-electron chi connectivity index (χ2n) is 6.06. The fourth-order valence-electron chi connectivity index (χ4n) is 2.72. The molecule has 29 heavy (non-hydrogen) atoms. The van der Waals surface area contributed by atoms with E-state index in [4.69, 9.17) is 0 Å². The Morgan fingerprint density at radius 2 is 1.69 bits per heavy atom. The number of para-hydroxylation sites is 1. The molecule has 0 fully saturated rings. The van der Waals surface area contributed by atoms with Crippen molar-refractivity contribution in [2.45, 2.75) is 13.1 Å². The molecular weight excluding hydrogens is 399 g/mol. The third-order valence-electron chi connectivity index (χ3n) is 4.15. The second kappa shape index (κ2) is 7.78. The fraction of sp³-hybridized carbons (Fsp3) is 0.0952. The van der Waals surface area contributed by atoms with E-state index in [1.165, 1.54) is 22.8 Å². The number of nitrogens with zero attached hydrogens (tertiary/aromatic N) is 3. The zero-order valence-corrected chi connectivity index (χ0v) is 15.8. The quantitative estimate of drug-likeness (QED) is 0.650. The van der Waals surface area contributed by atoms with Crippen molar-refractivity contribution in [2.75, 3.05) is 0 Å². The van der Waals surface area contributed by atoms with Gasteiger partial charge in [0.15, 0.2) is 5.57 Å². The van der Waals surface area contributed by atoms with Crippen molar-refractivity contribution in [2.24, 2.45) is 0 Å². The summed E-state index contributed by atoms with van der Waals surface area (Å²) in [6.07, 6.45) is -3.01. The first-order chi connectivity index (χ1) is 13.8. The van der Waals surface area contributed by atoms with E-state index < -0.39 is 17.3 Å². The first kappa shape index (κ1) is 20.1. The summed E-state index contributed by atoms with van der Waals surface area (Å²) in [5, 5.41) is 18.6. The molecule has 0 aliphatic heterocycles. The highest BCUT2D eigenvalue weighted by Crippen LogP contribution is 2.29. The number of halogens is 3. The molecule has 0 atom stereocenters. The molecule has 8 heteroatoms. The minimum absolute atomic E-state index is 0.174. The van der Waals surface area contributed by atoms with Gasteiger partial charge >= 0.3 is 6.18 Å². The van der Waals surface area contributed by atoms with Crippen LogP contribution in [0.2, 0.25) is 0 Å². The first-order valence-corrected chi connectivity index (χ1v) is 9.09. The molecule has 1 aromatic heterocycles. The van der Waals surface area contributed by atoms with E-state index in [-0.39, 0.29) is 14.8 Å². The van der Waals surface area contributed by atoms with Crippen LogP contribution in [-0.2, 0) is 6.18 Å². The average molecular weight is 411 g/mol. The van der Waals surface area contributed by atoms with Crippen LogP contribution in [0.5, 0.6) is 0 Å². The summed E-state index contributed by atoms with van der Waals surface area (Å²) >= 11 is 0.942. The Labute approximate surface area is 167 Å². The lowest BCUT2D eigenvalue weighted by Crippen LogP contribution is -2.31. The van der Waals surface area contributed by atoms with Gasteiger partial charge in [0, 0.05) is 0 Å². The predicted octanol–water partition coefficient (Wildman–Crippen LogP) is 3.25. The van der Waals surface area contributed by atoms with Crippen molar-refractivity contribution < 1.29 is 13.2 Å². The number of rotatable bonds is 2. The van der Waals surface area contributed by atoms with Gasteiger partial charge in [-0.05, 0) is 42.3 Å². The third-order valence-corrected chi connectivity index (χ3v) is 5.25. The van der Waals surface area contributed by atoms with E-state index in [0.717, 1.165) is 29.0 Å². The maximum absolute atomic E-state index is 13.0. The third kappa shape index (κ3) is 3.98. The molecule has 1 heterocycles. The highest BCUT2D eigenvalue weighted by molar-refractivity contribution is 7.07. The van der Waals surface area contributed by atoms with Crippen molar-refractivity contribution >= 4 is 23.0 Å². The number of hydrogen-bond donors (Lipinski definition) is 0. The molecule has 144 valence electrons. The molecule has 3 aromatic rings. The van der Waals surface area contributed by atoms with Gasteiger partial charge in [-0.2, -0.15) is 23.7 Å². The Hall–Kier alpha value is -3.62. The van der Waals surface area contributed by atoms with Gasteiger partial charge in [0.2, 0.25) is 0 Å². The Kier molecular flexibility index (Phi) is 5.40. The summed E-state index contributed by atoms with van der Waals surface area (Å²) < 4.78 is 39.9. The lowest BCUT2D eigenvalue weighted by atomic mass is 10.1. The largest absolute Gasteiger partial charge is 0.416 e. The molecule has 0 saturated carbocycles. The SMILES string of the molecule is Cc1ccccc1-n1c(=C(C#N)C#N)s/c(=C/c2ccc(C(F)(F)F)cc2)c1=O. The van der Waals surface area contributed by atoms with Crippen LogP contribution < -0.4 is 14.8 Å². The van der Waals surface area contributed by atoms with Crippen LogP contribution in [0.15, 0.2) is 53.3 Å². The lowest BCUT2D eigenvalue weighted by molar-refractivity contribution is -0.137. The Bertz CT molecular complexity index is 1320. The lowest BCUT2D eigenvalue weighted by Gasteiger charge is -2.06. The van der Waals surface area contributed by atoms with Gasteiger partial charge in [-0.25, -0.2) is 0 Å². The molecule has 0 spiro atoms. The van der Waals surface area contributed by atoms with E-state index in [0.29, 0.717) is 11.3 Å². The number of aryl methyl sites for hydroxylation is 1. The molecule has 3 rings (SSSR count). The number of nitriles is 2. The smallest absolute Gasteiger partial charge is 0.267 e. The molecule has 0 saturated heterocycles. The number of thiazole rings is 1. The van der Waals surface area contributed by atoms with E-state index in [9.17, 15) is 28.5 Å². The molecule has 4 nitrogen and oxygen atoms in total. The summed E-state index contributed by atoms with van der Waals surface area (Å²) in [7, 11) is 0.